The van der Waals surface area contributed by atoms with Gasteiger partial charge in [-0.2, -0.15) is 0 Å². The zero-order valence-electron chi connectivity index (χ0n) is 13.3. The van der Waals surface area contributed by atoms with Gasteiger partial charge in [-0.05, 0) is 43.5 Å². The zero-order valence-corrected chi connectivity index (χ0v) is 14.0. The number of nitrogens with zero attached hydrogens (tertiary/aromatic N) is 1. The summed E-state index contributed by atoms with van der Waals surface area (Å²) < 4.78 is 0. The number of amides is 2. The van der Waals surface area contributed by atoms with E-state index in [9.17, 15) is 9.59 Å². The number of aryl methyl sites for hydroxylation is 1. The Hall–Kier alpha value is -1.59. The molecule has 2 aliphatic heterocycles. The molecular weight excluding hydrogens is 314 g/mol. The number of rotatable bonds is 3. The lowest BCUT2D eigenvalue weighted by molar-refractivity contribution is -0.116. The van der Waals surface area contributed by atoms with E-state index in [4.69, 9.17) is 11.6 Å². The molecule has 0 aliphatic carbocycles. The van der Waals surface area contributed by atoms with E-state index in [1.165, 1.54) is 0 Å². The fourth-order valence-corrected chi connectivity index (χ4v) is 3.47. The summed E-state index contributed by atoms with van der Waals surface area (Å²) in [6.45, 7) is 4.16. The number of anilines is 1. The van der Waals surface area contributed by atoms with Crippen LogP contribution in [0.5, 0.6) is 0 Å². The molecule has 0 saturated carbocycles. The van der Waals surface area contributed by atoms with Crippen molar-refractivity contribution in [1.29, 1.82) is 0 Å². The van der Waals surface area contributed by atoms with E-state index >= 15 is 0 Å². The van der Waals surface area contributed by atoms with E-state index in [0.29, 0.717) is 31.5 Å². The van der Waals surface area contributed by atoms with Crippen LogP contribution in [0.1, 0.15) is 35.7 Å². The van der Waals surface area contributed by atoms with Gasteiger partial charge in [0, 0.05) is 48.7 Å². The minimum Gasteiger partial charge on any atom is -0.336 e. The van der Waals surface area contributed by atoms with Gasteiger partial charge in [0.05, 0.1) is 0 Å². The van der Waals surface area contributed by atoms with Crippen molar-refractivity contribution in [2.45, 2.75) is 37.6 Å². The van der Waals surface area contributed by atoms with E-state index in [2.05, 4.69) is 10.6 Å². The lowest BCUT2D eigenvalue weighted by Crippen LogP contribution is -2.53. The van der Waals surface area contributed by atoms with Crippen molar-refractivity contribution in [1.82, 2.24) is 10.2 Å². The number of benzene rings is 1. The van der Waals surface area contributed by atoms with Crippen molar-refractivity contribution in [2.75, 3.05) is 25.0 Å². The molecule has 1 fully saturated rings. The summed E-state index contributed by atoms with van der Waals surface area (Å²) in [6.07, 6.45) is 2.02. The summed E-state index contributed by atoms with van der Waals surface area (Å²) >= 11 is 6.07. The first kappa shape index (κ1) is 16.3. The van der Waals surface area contributed by atoms with Crippen LogP contribution in [0.2, 0.25) is 0 Å². The maximum atomic E-state index is 12.8. The molecule has 3 rings (SSSR count). The summed E-state index contributed by atoms with van der Waals surface area (Å²) in [6, 6.07) is 5.80. The van der Waals surface area contributed by atoms with Gasteiger partial charge < -0.3 is 15.5 Å². The predicted molar refractivity (Wildman–Crippen MR) is 91.0 cm³/mol. The highest BCUT2D eigenvalue weighted by Gasteiger charge is 2.25. The normalized spacial score (nSPS) is 22.3. The van der Waals surface area contributed by atoms with E-state index in [1.807, 2.05) is 24.0 Å². The minimum absolute atomic E-state index is 0.0386. The molecule has 2 atom stereocenters. The van der Waals surface area contributed by atoms with Gasteiger partial charge in [-0.15, -0.1) is 11.6 Å². The van der Waals surface area contributed by atoms with Gasteiger partial charge in [0.25, 0.3) is 5.91 Å². The highest BCUT2D eigenvalue weighted by atomic mass is 35.5. The molecule has 2 N–H and O–H groups in total. The van der Waals surface area contributed by atoms with Crippen molar-refractivity contribution in [2.24, 2.45) is 0 Å². The van der Waals surface area contributed by atoms with Crippen LogP contribution >= 0.6 is 11.6 Å². The van der Waals surface area contributed by atoms with Crippen molar-refractivity contribution < 1.29 is 9.59 Å². The molecule has 6 heteroatoms. The van der Waals surface area contributed by atoms with E-state index in [-0.39, 0.29) is 23.2 Å². The molecule has 5 nitrogen and oxygen atoms in total. The molecule has 1 aromatic carbocycles. The van der Waals surface area contributed by atoms with Crippen LogP contribution in [0, 0.1) is 0 Å². The van der Waals surface area contributed by atoms with Gasteiger partial charge in [0.15, 0.2) is 0 Å². The van der Waals surface area contributed by atoms with Gasteiger partial charge in [-0.3, -0.25) is 9.59 Å². The number of hydrogen-bond donors (Lipinski definition) is 2. The van der Waals surface area contributed by atoms with E-state index < -0.39 is 0 Å². The van der Waals surface area contributed by atoms with Crippen molar-refractivity contribution in [3.8, 4) is 0 Å². The zero-order chi connectivity index (χ0) is 16.4. The Morgan fingerprint density at radius 2 is 2.26 bits per heavy atom. The number of hydrogen-bond acceptors (Lipinski definition) is 3. The van der Waals surface area contributed by atoms with Crippen LogP contribution in [0.4, 0.5) is 5.69 Å². The number of carbonyl (C=O) groups is 2. The lowest BCUT2D eigenvalue weighted by atomic mass is 9.99. The second-order valence-corrected chi connectivity index (χ2v) is 7.08. The molecule has 2 heterocycles. The van der Waals surface area contributed by atoms with Crippen LogP contribution < -0.4 is 10.6 Å². The average molecular weight is 336 g/mol. The number of fused-ring (bicyclic) bond motifs is 1. The Balaban J connectivity index is 1.71. The molecule has 2 unspecified atom stereocenters. The predicted octanol–water partition coefficient (Wildman–Crippen LogP) is 2.00. The fraction of sp³-hybridized carbons (Fsp3) is 0.529. The summed E-state index contributed by atoms with van der Waals surface area (Å²) in [7, 11) is 0. The van der Waals surface area contributed by atoms with Gasteiger partial charge in [0.2, 0.25) is 5.91 Å². The molecule has 124 valence electrons. The molecule has 0 radical (unpaired) electrons. The van der Waals surface area contributed by atoms with E-state index in [1.54, 1.807) is 6.07 Å². The van der Waals surface area contributed by atoms with Crippen LogP contribution in [-0.2, 0) is 11.2 Å². The Morgan fingerprint density at radius 1 is 1.43 bits per heavy atom. The van der Waals surface area contributed by atoms with Crippen LogP contribution in [0.3, 0.4) is 0 Å². The first-order valence-corrected chi connectivity index (χ1v) is 8.56. The second kappa shape index (κ2) is 6.89. The largest absolute Gasteiger partial charge is 0.336 e. The Labute approximate surface area is 141 Å². The third kappa shape index (κ3) is 3.85. The molecule has 0 aromatic heterocycles. The van der Waals surface area contributed by atoms with Crippen LogP contribution in [0.15, 0.2) is 18.2 Å². The number of alkyl halides is 1. The smallest absolute Gasteiger partial charge is 0.253 e. The first-order valence-electron chi connectivity index (χ1n) is 8.12. The second-order valence-electron chi connectivity index (χ2n) is 6.34. The Kier molecular flexibility index (Phi) is 4.87. The van der Waals surface area contributed by atoms with Crippen molar-refractivity contribution in [3.63, 3.8) is 0 Å². The summed E-state index contributed by atoms with van der Waals surface area (Å²) in [5, 5.41) is 6.35. The molecule has 0 spiro atoms. The molecular formula is C17H22ClN3O2. The highest BCUT2D eigenvalue weighted by Crippen LogP contribution is 2.24. The highest BCUT2D eigenvalue weighted by molar-refractivity contribution is 6.20. The van der Waals surface area contributed by atoms with Crippen LogP contribution in [0.25, 0.3) is 0 Å². The van der Waals surface area contributed by atoms with Gasteiger partial charge in [-0.25, -0.2) is 0 Å². The average Bonchev–Trinajstić information content (AvgIpc) is 2.53. The molecule has 0 bridgehead atoms. The topological polar surface area (TPSA) is 61.4 Å². The monoisotopic (exact) mass is 335 g/mol. The van der Waals surface area contributed by atoms with Gasteiger partial charge in [0.1, 0.15) is 0 Å². The standard InChI is InChI=1S/C17H22ClN3O2/c1-11(18)8-14-10-21(7-6-19-14)17(23)13-2-4-15-12(9-13)3-5-16(22)20-15/h2,4,9,11,14,19H,3,5-8,10H2,1H3,(H,20,22). The summed E-state index contributed by atoms with van der Waals surface area (Å²) in [5.41, 5.74) is 2.56. The van der Waals surface area contributed by atoms with Gasteiger partial charge in [-0.1, -0.05) is 0 Å². The number of piperazine rings is 1. The molecule has 2 amide bonds. The Morgan fingerprint density at radius 3 is 3.04 bits per heavy atom. The number of halogens is 1. The van der Waals surface area contributed by atoms with E-state index in [0.717, 1.165) is 24.2 Å². The molecule has 1 aromatic rings. The minimum atomic E-state index is 0.0386. The first-order chi connectivity index (χ1) is 11.0. The fourth-order valence-electron chi connectivity index (χ4n) is 3.26. The Bertz CT molecular complexity index is 618. The van der Waals surface area contributed by atoms with Crippen LogP contribution in [-0.4, -0.2) is 47.8 Å². The summed E-state index contributed by atoms with van der Waals surface area (Å²) in [4.78, 5) is 26.1. The SMILES string of the molecule is CC(Cl)CC1CN(C(=O)c2ccc3c(c2)CCC(=O)N3)CCN1. The number of carbonyl (C=O) groups excluding carboxylic acids is 2. The lowest BCUT2D eigenvalue weighted by Gasteiger charge is -2.34. The maximum Gasteiger partial charge on any atom is 0.253 e. The van der Waals surface area contributed by atoms with Crippen molar-refractivity contribution in [3.05, 3.63) is 29.3 Å². The number of nitrogens with one attached hydrogen (secondary N) is 2. The molecule has 2 aliphatic rings. The van der Waals surface area contributed by atoms with Crippen molar-refractivity contribution >= 4 is 29.1 Å². The molecule has 1 saturated heterocycles. The third-order valence-electron chi connectivity index (χ3n) is 4.40. The molecule has 23 heavy (non-hydrogen) atoms. The summed E-state index contributed by atoms with van der Waals surface area (Å²) in [5.74, 6) is 0.0927. The maximum absolute atomic E-state index is 12.8. The third-order valence-corrected chi connectivity index (χ3v) is 4.58. The quantitative estimate of drug-likeness (QED) is 0.831. The van der Waals surface area contributed by atoms with Gasteiger partial charge >= 0.3 is 0 Å².